The van der Waals surface area contributed by atoms with Crippen molar-refractivity contribution >= 4 is 30.7 Å². The summed E-state index contributed by atoms with van der Waals surface area (Å²) in [5, 5.41) is 3.38. The van der Waals surface area contributed by atoms with Crippen LogP contribution in [0.4, 0.5) is 0 Å². The largest absolute Gasteiger partial charge is 0.496 e. The van der Waals surface area contributed by atoms with E-state index < -0.39 is 0 Å². The second-order valence-electron chi connectivity index (χ2n) is 6.42. The molecule has 0 radical (unpaired) electrons. The van der Waals surface area contributed by atoms with Gasteiger partial charge in [-0.15, -0.1) is 24.8 Å². The lowest BCUT2D eigenvalue weighted by Crippen LogP contribution is -2.48. The Kier molecular flexibility index (Phi) is 6.92. The van der Waals surface area contributed by atoms with Gasteiger partial charge in [-0.25, -0.2) is 4.98 Å². The van der Waals surface area contributed by atoms with Crippen molar-refractivity contribution in [3.8, 4) is 5.75 Å². The monoisotopic (exact) mass is 398 g/mol. The predicted octanol–water partition coefficient (Wildman–Crippen LogP) is 2.93. The smallest absolute Gasteiger partial charge is 0.272 e. The number of imidazole rings is 1. The van der Waals surface area contributed by atoms with Gasteiger partial charge in [-0.2, -0.15) is 0 Å². The van der Waals surface area contributed by atoms with Crippen LogP contribution in [0.5, 0.6) is 5.75 Å². The van der Waals surface area contributed by atoms with Gasteiger partial charge in [0.15, 0.2) is 0 Å². The first kappa shape index (κ1) is 20.6. The summed E-state index contributed by atoms with van der Waals surface area (Å²) >= 11 is 0. The van der Waals surface area contributed by atoms with Crippen molar-refractivity contribution in [2.24, 2.45) is 0 Å². The molecule has 4 rings (SSSR count). The second kappa shape index (κ2) is 8.75. The minimum Gasteiger partial charge on any atom is -0.496 e. The summed E-state index contributed by atoms with van der Waals surface area (Å²) in [4.78, 5) is 22.5. The molecule has 2 aromatic rings. The van der Waals surface area contributed by atoms with Gasteiger partial charge in [0.2, 0.25) is 0 Å². The van der Waals surface area contributed by atoms with Crippen LogP contribution in [0.1, 0.15) is 46.7 Å². The summed E-state index contributed by atoms with van der Waals surface area (Å²) in [5.74, 6) is 2.28. The number of ether oxygens (including phenoxy) is 1. The molecule has 1 amide bonds. The number of benzene rings is 1. The maximum absolute atomic E-state index is 13.0. The number of carbonyl (C=O) groups excluding carboxylic acids is 1. The van der Waals surface area contributed by atoms with Crippen molar-refractivity contribution in [2.75, 3.05) is 26.7 Å². The second-order valence-corrected chi connectivity index (χ2v) is 6.42. The number of aromatic amines is 1. The van der Waals surface area contributed by atoms with Crippen LogP contribution < -0.4 is 10.1 Å². The van der Waals surface area contributed by atoms with Crippen molar-refractivity contribution in [2.45, 2.75) is 24.8 Å². The van der Waals surface area contributed by atoms with E-state index in [2.05, 4.69) is 15.3 Å². The first-order valence-corrected chi connectivity index (χ1v) is 8.47. The number of para-hydroxylation sites is 1. The SMILES string of the molecule is COc1ccccc1C1CNCCN1C(=O)c1cnc(C2CC2)[nH]1.Cl.Cl. The third-order valence-electron chi connectivity index (χ3n) is 4.79. The Morgan fingerprint density at radius 1 is 1.27 bits per heavy atom. The number of piperazine rings is 1. The maximum Gasteiger partial charge on any atom is 0.272 e. The Morgan fingerprint density at radius 3 is 2.77 bits per heavy atom. The highest BCUT2D eigenvalue weighted by Crippen LogP contribution is 2.38. The zero-order chi connectivity index (χ0) is 16.5. The van der Waals surface area contributed by atoms with Gasteiger partial charge in [0.25, 0.3) is 5.91 Å². The number of hydrogen-bond donors (Lipinski definition) is 2. The summed E-state index contributed by atoms with van der Waals surface area (Å²) in [6, 6.07) is 7.85. The Hall–Kier alpha value is -1.76. The van der Waals surface area contributed by atoms with Gasteiger partial charge in [0.1, 0.15) is 17.3 Å². The summed E-state index contributed by atoms with van der Waals surface area (Å²) in [6.07, 6.45) is 4.01. The number of rotatable bonds is 4. The van der Waals surface area contributed by atoms with E-state index in [1.54, 1.807) is 13.3 Å². The standard InChI is InChI=1S/C18H22N4O2.2ClH/c1-24-16-5-3-2-4-13(16)15-11-19-8-9-22(15)18(23)14-10-20-17(21-14)12-6-7-12;;/h2-5,10,12,15,19H,6-9,11H2,1H3,(H,20,21);2*1H. The number of methoxy groups -OCH3 is 1. The summed E-state index contributed by atoms with van der Waals surface area (Å²) in [6.45, 7) is 2.18. The number of halogens is 2. The van der Waals surface area contributed by atoms with Crippen molar-refractivity contribution in [3.63, 3.8) is 0 Å². The molecular weight excluding hydrogens is 375 g/mol. The molecule has 6 nitrogen and oxygen atoms in total. The van der Waals surface area contributed by atoms with Gasteiger partial charge >= 0.3 is 0 Å². The van der Waals surface area contributed by atoms with Crippen molar-refractivity contribution < 1.29 is 9.53 Å². The number of nitrogens with zero attached hydrogens (tertiary/aromatic N) is 2. The van der Waals surface area contributed by atoms with Gasteiger partial charge < -0.3 is 19.9 Å². The molecule has 2 heterocycles. The summed E-state index contributed by atoms with van der Waals surface area (Å²) in [7, 11) is 1.66. The first-order valence-electron chi connectivity index (χ1n) is 8.47. The van der Waals surface area contributed by atoms with Crippen molar-refractivity contribution in [3.05, 3.63) is 47.5 Å². The molecule has 2 N–H and O–H groups in total. The normalized spacial score (nSPS) is 19.3. The van der Waals surface area contributed by atoms with Crippen LogP contribution in [-0.2, 0) is 0 Å². The number of hydrogen-bond acceptors (Lipinski definition) is 4. The molecule has 8 heteroatoms. The molecule has 1 saturated heterocycles. The molecule has 142 valence electrons. The van der Waals surface area contributed by atoms with E-state index in [0.29, 0.717) is 18.2 Å². The lowest BCUT2D eigenvalue weighted by atomic mass is 10.0. The third-order valence-corrected chi connectivity index (χ3v) is 4.79. The molecule has 0 bridgehead atoms. The van der Waals surface area contributed by atoms with Crippen LogP contribution >= 0.6 is 24.8 Å². The summed E-state index contributed by atoms with van der Waals surface area (Å²) in [5.41, 5.74) is 1.61. The first-order chi connectivity index (χ1) is 11.8. The lowest BCUT2D eigenvalue weighted by Gasteiger charge is -2.36. The quantitative estimate of drug-likeness (QED) is 0.830. The Balaban J connectivity index is 0.00000121. The molecule has 2 fully saturated rings. The molecule has 1 aromatic carbocycles. The fourth-order valence-electron chi connectivity index (χ4n) is 3.33. The average Bonchev–Trinajstić information content (AvgIpc) is 3.38. The van der Waals surface area contributed by atoms with E-state index in [-0.39, 0.29) is 36.8 Å². The molecule has 0 spiro atoms. The van der Waals surface area contributed by atoms with Gasteiger partial charge in [-0.3, -0.25) is 4.79 Å². The fraction of sp³-hybridized carbons (Fsp3) is 0.444. The van der Waals surface area contributed by atoms with Gasteiger partial charge in [0.05, 0.1) is 19.3 Å². The Morgan fingerprint density at radius 2 is 2.04 bits per heavy atom. The number of H-pyrrole nitrogens is 1. The van der Waals surface area contributed by atoms with E-state index in [1.165, 1.54) is 12.8 Å². The Bertz CT molecular complexity index is 748. The molecule has 1 aromatic heterocycles. The van der Waals surface area contributed by atoms with Crippen molar-refractivity contribution in [1.82, 2.24) is 20.2 Å². The van der Waals surface area contributed by atoms with Crippen LogP contribution in [0, 0.1) is 0 Å². The molecule has 26 heavy (non-hydrogen) atoms. The molecule has 1 aliphatic heterocycles. The van der Waals surface area contributed by atoms with Crippen LogP contribution in [0.25, 0.3) is 0 Å². The topological polar surface area (TPSA) is 70.2 Å². The van der Waals surface area contributed by atoms with Gasteiger partial charge in [0, 0.05) is 31.1 Å². The number of nitrogens with one attached hydrogen (secondary N) is 2. The summed E-state index contributed by atoms with van der Waals surface area (Å²) < 4.78 is 5.49. The number of aromatic nitrogens is 2. The Labute approximate surface area is 165 Å². The van der Waals surface area contributed by atoms with E-state index in [4.69, 9.17) is 4.74 Å². The minimum absolute atomic E-state index is 0. The lowest BCUT2D eigenvalue weighted by molar-refractivity contribution is 0.0626. The minimum atomic E-state index is -0.0462. The van der Waals surface area contributed by atoms with Crippen LogP contribution in [-0.4, -0.2) is 47.5 Å². The van der Waals surface area contributed by atoms with Gasteiger partial charge in [-0.05, 0) is 18.9 Å². The van der Waals surface area contributed by atoms with E-state index in [9.17, 15) is 4.79 Å². The maximum atomic E-state index is 13.0. The zero-order valence-electron chi connectivity index (χ0n) is 14.6. The molecule has 1 atom stereocenters. The molecule has 1 unspecified atom stereocenters. The van der Waals surface area contributed by atoms with Crippen LogP contribution in [0.3, 0.4) is 0 Å². The van der Waals surface area contributed by atoms with Gasteiger partial charge in [-0.1, -0.05) is 18.2 Å². The van der Waals surface area contributed by atoms with E-state index in [0.717, 1.165) is 30.2 Å². The third kappa shape index (κ3) is 3.98. The van der Waals surface area contributed by atoms with Crippen molar-refractivity contribution in [1.29, 1.82) is 0 Å². The predicted molar refractivity (Wildman–Crippen MR) is 105 cm³/mol. The number of carbonyl (C=O) groups is 1. The van der Waals surface area contributed by atoms with E-state index in [1.807, 2.05) is 29.2 Å². The molecule has 1 aliphatic carbocycles. The average molecular weight is 399 g/mol. The highest BCUT2D eigenvalue weighted by molar-refractivity contribution is 5.92. The number of amides is 1. The molecular formula is C18H24Cl2N4O2. The highest BCUT2D eigenvalue weighted by atomic mass is 35.5. The highest BCUT2D eigenvalue weighted by Gasteiger charge is 2.32. The fourth-order valence-corrected chi connectivity index (χ4v) is 3.33. The molecule has 2 aliphatic rings. The zero-order valence-corrected chi connectivity index (χ0v) is 16.2. The van der Waals surface area contributed by atoms with Crippen LogP contribution in [0.2, 0.25) is 0 Å². The van der Waals surface area contributed by atoms with Crippen LogP contribution in [0.15, 0.2) is 30.5 Å². The van der Waals surface area contributed by atoms with E-state index >= 15 is 0 Å². The molecule has 1 saturated carbocycles.